The van der Waals surface area contributed by atoms with E-state index in [4.69, 9.17) is 5.11 Å². The van der Waals surface area contributed by atoms with Crippen molar-refractivity contribution in [3.8, 4) is 0 Å². The van der Waals surface area contributed by atoms with E-state index < -0.39 is 16.0 Å². The van der Waals surface area contributed by atoms with Crippen LogP contribution in [0.2, 0.25) is 0 Å². The zero-order chi connectivity index (χ0) is 14.2. The Morgan fingerprint density at radius 1 is 1.37 bits per heavy atom. The zero-order valence-corrected chi connectivity index (χ0v) is 11.6. The van der Waals surface area contributed by atoms with E-state index in [1.807, 2.05) is 6.08 Å². The summed E-state index contributed by atoms with van der Waals surface area (Å²) in [5.41, 5.74) is 0.563. The molecule has 0 radical (unpaired) electrons. The fourth-order valence-corrected chi connectivity index (χ4v) is 4.11. The molecule has 0 unspecified atom stereocenters. The number of H-pyrrole nitrogens is 1. The standard InChI is InChI=1S/C12H16N2O4S/c1-8-10(12(15)16)13-9(2)11(8)19(17,18)14-6-4-3-5-7-14/h3-4,13H,5-7H2,1-2H3,(H,15,16). The Labute approximate surface area is 111 Å². The monoisotopic (exact) mass is 284 g/mol. The summed E-state index contributed by atoms with van der Waals surface area (Å²) in [4.78, 5) is 13.8. The number of hydrogen-bond donors (Lipinski definition) is 2. The molecule has 1 aliphatic rings. The van der Waals surface area contributed by atoms with Crippen LogP contribution in [0.3, 0.4) is 0 Å². The van der Waals surface area contributed by atoms with Gasteiger partial charge in [-0.1, -0.05) is 12.2 Å². The van der Waals surface area contributed by atoms with Crippen molar-refractivity contribution in [1.29, 1.82) is 0 Å². The number of nitrogens with one attached hydrogen (secondary N) is 1. The fourth-order valence-electron chi connectivity index (χ4n) is 2.30. The zero-order valence-electron chi connectivity index (χ0n) is 10.8. The van der Waals surface area contributed by atoms with Gasteiger partial charge in [0.15, 0.2) is 0 Å². The van der Waals surface area contributed by atoms with Gasteiger partial charge in [0.25, 0.3) is 0 Å². The van der Waals surface area contributed by atoms with Crippen LogP contribution in [0.1, 0.15) is 28.2 Å². The van der Waals surface area contributed by atoms with E-state index in [9.17, 15) is 13.2 Å². The first kappa shape index (κ1) is 13.8. The number of nitrogens with zero attached hydrogens (tertiary/aromatic N) is 1. The van der Waals surface area contributed by atoms with Gasteiger partial charge in [0.05, 0.1) is 0 Å². The van der Waals surface area contributed by atoms with Crippen LogP contribution in [0.15, 0.2) is 17.0 Å². The number of carboxylic acid groups (broad SMARTS) is 1. The Morgan fingerprint density at radius 2 is 2.05 bits per heavy atom. The molecule has 19 heavy (non-hydrogen) atoms. The number of carboxylic acids is 1. The Morgan fingerprint density at radius 3 is 2.53 bits per heavy atom. The quantitative estimate of drug-likeness (QED) is 0.818. The second kappa shape index (κ2) is 4.82. The molecule has 2 heterocycles. The molecule has 0 spiro atoms. The highest BCUT2D eigenvalue weighted by molar-refractivity contribution is 7.89. The van der Waals surface area contributed by atoms with E-state index in [0.29, 0.717) is 25.2 Å². The number of aromatic carboxylic acids is 1. The number of sulfonamides is 1. The highest BCUT2D eigenvalue weighted by Crippen LogP contribution is 2.27. The summed E-state index contributed by atoms with van der Waals surface area (Å²) in [7, 11) is -3.65. The van der Waals surface area contributed by atoms with E-state index in [-0.39, 0.29) is 16.2 Å². The minimum absolute atomic E-state index is 0.0661. The number of carbonyl (C=O) groups is 1. The second-order valence-electron chi connectivity index (χ2n) is 4.51. The lowest BCUT2D eigenvalue weighted by Crippen LogP contribution is -2.34. The molecule has 104 valence electrons. The molecule has 0 amide bonds. The highest BCUT2D eigenvalue weighted by atomic mass is 32.2. The molecule has 1 aromatic rings. The third-order valence-electron chi connectivity index (χ3n) is 3.20. The minimum atomic E-state index is -3.65. The molecule has 7 heteroatoms. The van der Waals surface area contributed by atoms with Gasteiger partial charge in [0.1, 0.15) is 10.6 Å². The summed E-state index contributed by atoms with van der Waals surface area (Å²) < 4.78 is 26.5. The van der Waals surface area contributed by atoms with E-state index >= 15 is 0 Å². The number of aromatic nitrogens is 1. The van der Waals surface area contributed by atoms with Gasteiger partial charge in [-0.2, -0.15) is 4.31 Å². The van der Waals surface area contributed by atoms with Crippen molar-refractivity contribution < 1.29 is 18.3 Å². The van der Waals surface area contributed by atoms with Gasteiger partial charge in [0, 0.05) is 24.3 Å². The number of aryl methyl sites for hydroxylation is 1. The van der Waals surface area contributed by atoms with Crippen molar-refractivity contribution in [2.24, 2.45) is 0 Å². The Balaban J connectivity index is 2.52. The summed E-state index contributed by atoms with van der Waals surface area (Å²) in [6.45, 7) is 3.84. The summed E-state index contributed by atoms with van der Waals surface area (Å²) in [6.07, 6.45) is 4.41. The maximum atomic E-state index is 12.5. The Kier molecular flexibility index (Phi) is 3.51. The van der Waals surface area contributed by atoms with Gasteiger partial charge in [-0.25, -0.2) is 13.2 Å². The molecular weight excluding hydrogens is 268 g/mol. The molecule has 0 fully saturated rings. The molecule has 1 aliphatic heterocycles. The van der Waals surface area contributed by atoms with Crippen molar-refractivity contribution >= 4 is 16.0 Å². The van der Waals surface area contributed by atoms with E-state index in [2.05, 4.69) is 4.98 Å². The first-order chi connectivity index (χ1) is 8.85. The average molecular weight is 284 g/mol. The third-order valence-corrected chi connectivity index (χ3v) is 5.34. The summed E-state index contributed by atoms with van der Waals surface area (Å²) >= 11 is 0. The second-order valence-corrected chi connectivity index (χ2v) is 6.38. The van der Waals surface area contributed by atoms with Crippen molar-refractivity contribution in [3.63, 3.8) is 0 Å². The van der Waals surface area contributed by atoms with Crippen molar-refractivity contribution in [3.05, 3.63) is 29.1 Å². The normalized spacial score (nSPS) is 16.7. The van der Waals surface area contributed by atoms with Gasteiger partial charge in [-0.3, -0.25) is 0 Å². The summed E-state index contributed by atoms with van der Waals surface area (Å²) in [5, 5.41) is 9.03. The Bertz CT molecular complexity index is 643. The molecule has 0 aliphatic carbocycles. The molecule has 6 nitrogen and oxygen atoms in total. The molecule has 2 N–H and O–H groups in total. The van der Waals surface area contributed by atoms with E-state index in [0.717, 1.165) is 0 Å². The molecule has 0 aromatic carbocycles. The summed E-state index contributed by atoms with van der Waals surface area (Å²) in [5.74, 6) is -1.15. The van der Waals surface area contributed by atoms with Gasteiger partial charge >= 0.3 is 5.97 Å². The number of rotatable bonds is 3. The summed E-state index contributed by atoms with van der Waals surface area (Å²) in [6, 6.07) is 0. The van der Waals surface area contributed by atoms with E-state index in [1.54, 1.807) is 13.0 Å². The fraction of sp³-hybridized carbons (Fsp3) is 0.417. The number of hydrogen-bond acceptors (Lipinski definition) is 3. The lowest BCUT2D eigenvalue weighted by molar-refractivity contribution is 0.0690. The van der Waals surface area contributed by atoms with Crippen LogP contribution in [-0.2, 0) is 10.0 Å². The lowest BCUT2D eigenvalue weighted by Gasteiger charge is -2.23. The van der Waals surface area contributed by atoms with Crippen LogP contribution in [0.5, 0.6) is 0 Å². The highest BCUT2D eigenvalue weighted by Gasteiger charge is 2.31. The molecule has 0 saturated heterocycles. The largest absolute Gasteiger partial charge is 0.477 e. The van der Waals surface area contributed by atoms with Gasteiger partial charge in [0.2, 0.25) is 10.0 Å². The maximum Gasteiger partial charge on any atom is 0.352 e. The molecule has 0 saturated carbocycles. The molecule has 0 bridgehead atoms. The van der Waals surface area contributed by atoms with Crippen LogP contribution in [-0.4, -0.2) is 41.9 Å². The average Bonchev–Trinajstić information content (AvgIpc) is 2.66. The molecule has 2 rings (SSSR count). The van der Waals surface area contributed by atoms with Crippen molar-refractivity contribution in [1.82, 2.24) is 9.29 Å². The minimum Gasteiger partial charge on any atom is -0.477 e. The number of aromatic amines is 1. The Hall–Kier alpha value is -1.60. The van der Waals surface area contributed by atoms with Crippen LogP contribution < -0.4 is 0 Å². The topological polar surface area (TPSA) is 90.5 Å². The SMILES string of the molecule is Cc1[nH]c(C(=O)O)c(C)c1S(=O)(=O)N1CC=CCC1. The predicted octanol–water partition coefficient (Wildman–Crippen LogP) is 1.28. The van der Waals surface area contributed by atoms with Gasteiger partial charge in [-0.05, 0) is 20.3 Å². The maximum absolute atomic E-state index is 12.5. The van der Waals surface area contributed by atoms with Crippen LogP contribution in [0.4, 0.5) is 0 Å². The molecule has 1 aromatic heterocycles. The van der Waals surface area contributed by atoms with Gasteiger partial charge < -0.3 is 10.1 Å². The van der Waals surface area contributed by atoms with Crippen molar-refractivity contribution in [2.45, 2.75) is 25.2 Å². The van der Waals surface area contributed by atoms with Crippen LogP contribution in [0, 0.1) is 13.8 Å². The third kappa shape index (κ3) is 2.31. The van der Waals surface area contributed by atoms with Crippen LogP contribution >= 0.6 is 0 Å². The van der Waals surface area contributed by atoms with Crippen LogP contribution in [0.25, 0.3) is 0 Å². The van der Waals surface area contributed by atoms with E-state index in [1.165, 1.54) is 11.2 Å². The molecule has 0 atom stereocenters. The van der Waals surface area contributed by atoms with Gasteiger partial charge in [-0.15, -0.1) is 0 Å². The van der Waals surface area contributed by atoms with Crippen molar-refractivity contribution in [2.75, 3.05) is 13.1 Å². The smallest absolute Gasteiger partial charge is 0.352 e. The first-order valence-electron chi connectivity index (χ1n) is 5.93. The first-order valence-corrected chi connectivity index (χ1v) is 7.37. The lowest BCUT2D eigenvalue weighted by atomic mass is 10.2. The molecular formula is C12H16N2O4S. The predicted molar refractivity (Wildman–Crippen MR) is 69.7 cm³/mol.